The molecule has 0 saturated carbocycles. The molecule has 0 spiro atoms. The number of ether oxygens (including phenoxy) is 1. The van der Waals surface area contributed by atoms with E-state index in [4.69, 9.17) is 21.6 Å². The largest absolute Gasteiger partial charge is 0.436 e. The lowest BCUT2D eigenvalue weighted by Crippen LogP contribution is -1.92. The molecule has 0 radical (unpaired) electrons. The van der Waals surface area contributed by atoms with Crippen molar-refractivity contribution in [3.63, 3.8) is 0 Å². The summed E-state index contributed by atoms with van der Waals surface area (Å²) in [5.41, 5.74) is 0.183. The predicted octanol–water partition coefficient (Wildman–Crippen LogP) is 2.93. The van der Waals surface area contributed by atoms with E-state index in [0.29, 0.717) is 0 Å². The average molecular weight is 250 g/mol. The van der Waals surface area contributed by atoms with Crippen LogP contribution in [0.1, 0.15) is 5.69 Å². The first kappa shape index (κ1) is 11.3. The van der Waals surface area contributed by atoms with Gasteiger partial charge in [-0.3, -0.25) is 0 Å². The lowest BCUT2D eigenvalue weighted by atomic mass is 10.3. The van der Waals surface area contributed by atoms with Crippen LogP contribution in [0, 0.1) is 17.1 Å². The Hall–Kier alpha value is -2.19. The molecule has 0 aliphatic rings. The summed E-state index contributed by atoms with van der Waals surface area (Å²) < 4.78 is 18.1. The van der Waals surface area contributed by atoms with Gasteiger partial charge >= 0.3 is 0 Å². The van der Waals surface area contributed by atoms with Crippen molar-refractivity contribution >= 4 is 11.6 Å². The van der Waals surface area contributed by atoms with Crippen LogP contribution in [-0.4, -0.2) is 9.97 Å². The monoisotopic (exact) mass is 249 g/mol. The van der Waals surface area contributed by atoms with Gasteiger partial charge in [-0.2, -0.15) is 5.26 Å². The number of hydrogen-bond donors (Lipinski definition) is 0. The fourth-order valence-corrected chi connectivity index (χ4v) is 1.30. The zero-order chi connectivity index (χ0) is 12.3. The van der Waals surface area contributed by atoms with E-state index >= 15 is 0 Å². The van der Waals surface area contributed by atoms with E-state index in [0.717, 1.165) is 6.07 Å². The number of nitriles is 1. The fraction of sp³-hybridized carbons (Fsp3) is 0. The Labute approximate surface area is 101 Å². The number of benzene rings is 1. The maximum Gasteiger partial charge on any atom is 0.237 e. The molecule has 1 aromatic heterocycles. The van der Waals surface area contributed by atoms with Crippen LogP contribution in [0.2, 0.25) is 5.02 Å². The van der Waals surface area contributed by atoms with Crippen LogP contribution in [0.5, 0.6) is 11.6 Å². The molecule has 2 rings (SSSR count). The number of nitrogens with zero attached hydrogens (tertiary/aromatic N) is 3. The highest BCUT2D eigenvalue weighted by Gasteiger charge is 2.05. The number of hydrogen-bond acceptors (Lipinski definition) is 4. The highest BCUT2D eigenvalue weighted by atomic mass is 35.5. The minimum absolute atomic E-state index is 0.135. The molecule has 84 valence electrons. The van der Waals surface area contributed by atoms with Gasteiger partial charge in [-0.1, -0.05) is 11.6 Å². The third kappa shape index (κ3) is 2.68. The second-order valence-corrected chi connectivity index (χ2v) is 3.44. The lowest BCUT2D eigenvalue weighted by Gasteiger charge is -2.05. The highest BCUT2D eigenvalue weighted by Crippen LogP contribution is 2.28. The van der Waals surface area contributed by atoms with Gasteiger partial charge in [0, 0.05) is 0 Å². The van der Waals surface area contributed by atoms with Crippen molar-refractivity contribution in [2.24, 2.45) is 0 Å². The molecule has 0 aliphatic heterocycles. The van der Waals surface area contributed by atoms with Gasteiger partial charge in [-0.15, -0.1) is 0 Å². The third-order valence-corrected chi connectivity index (χ3v) is 2.15. The first-order valence-electron chi connectivity index (χ1n) is 4.54. The predicted molar refractivity (Wildman–Crippen MR) is 58.2 cm³/mol. The second kappa shape index (κ2) is 4.76. The number of rotatable bonds is 2. The first-order chi connectivity index (χ1) is 8.19. The van der Waals surface area contributed by atoms with E-state index in [1.807, 2.05) is 6.07 Å². The van der Waals surface area contributed by atoms with Crippen molar-refractivity contribution in [1.29, 1.82) is 5.26 Å². The van der Waals surface area contributed by atoms with E-state index in [2.05, 4.69) is 9.97 Å². The standard InChI is InChI=1S/C11H5ClFN3O/c12-9-3-7(13)1-2-10(9)17-11-6-15-8(4-14)5-16-11/h1-3,5-6H. The summed E-state index contributed by atoms with van der Waals surface area (Å²) >= 11 is 5.77. The van der Waals surface area contributed by atoms with Crippen LogP contribution in [0.4, 0.5) is 4.39 Å². The van der Waals surface area contributed by atoms with Gasteiger partial charge in [0.05, 0.1) is 17.4 Å². The van der Waals surface area contributed by atoms with Crippen molar-refractivity contribution in [1.82, 2.24) is 9.97 Å². The van der Waals surface area contributed by atoms with E-state index in [1.54, 1.807) is 0 Å². The van der Waals surface area contributed by atoms with Gasteiger partial charge in [0.1, 0.15) is 17.6 Å². The van der Waals surface area contributed by atoms with E-state index in [-0.39, 0.29) is 22.3 Å². The van der Waals surface area contributed by atoms with E-state index in [1.165, 1.54) is 24.5 Å². The summed E-state index contributed by atoms with van der Waals surface area (Å²) in [4.78, 5) is 7.62. The van der Waals surface area contributed by atoms with Crippen LogP contribution in [-0.2, 0) is 0 Å². The summed E-state index contributed by atoms with van der Waals surface area (Å²) in [6.07, 6.45) is 2.56. The Kier molecular flexibility index (Phi) is 3.17. The maximum absolute atomic E-state index is 12.8. The van der Waals surface area contributed by atoms with Crippen molar-refractivity contribution in [3.8, 4) is 17.7 Å². The zero-order valence-electron chi connectivity index (χ0n) is 8.39. The van der Waals surface area contributed by atoms with E-state index < -0.39 is 5.82 Å². The topological polar surface area (TPSA) is 58.8 Å². The quantitative estimate of drug-likeness (QED) is 0.821. The smallest absolute Gasteiger partial charge is 0.237 e. The lowest BCUT2D eigenvalue weighted by molar-refractivity contribution is 0.458. The van der Waals surface area contributed by atoms with Gasteiger partial charge in [0.2, 0.25) is 5.88 Å². The Balaban J connectivity index is 2.23. The molecular formula is C11H5ClFN3O. The summed E-state index contributed by atoms with van der Waals surface area (Å²) in [5.74, 6) is -0.00200. The van der Waals surface area contributed by atoms with Crippen LogP contribution < -0.4 is 4.74 Å². The molecule has 6 heteroatoms. The van der Waals surface area contributed by atoms with E-state index in [9.17, 15) is 4.39 Å². The van der Waals surface area contributed by atoms with Gasteiger partial charge in [0.15, 0.2) is 5.69 Å². The number of aromatic nitrogens is 2. The molecule has 4 nitrogen and oxygen atoms in total. The van der Waals surface area contributed by atoms with Crippen molar-refractivity contribution in [2.45, 2.75) is 0 Å². The van der Waals surface area contributed by atoms with Crippen LogP contribution >= 0.6 is 11.6 Å². The zero-order valence-corrected chi connectivity index (χ0v) is 9.15. The minimum Gasteiger partial charge on any atom is -0.436 e. The summed E-state index contributed by atoms with van der Waals surface area (Å²) in [7, 11) is 0. The van der Waals surface area contributed by atoms with Crippen molar-refractivity contribution in [2.75, 3.05) is 0 Å². The molecule has 1 aromatic carbocycles. The van der Waals surface area contributed by atoms with Crippen LogP contribution in [0.25, 0.3) is 0 Å². The van der Waals surface area contributed by atoms with Gasteiger partial charge in [0.25, 0.3) is 0 Å². The molecule has 0 unspecified atom stereocenters. The molecule has 0 fully saturated rings. The normalized spacial score (nSPS) is 9.71. The molecular weight excluding hydrogens is 245 g/mol. The molecule has 17 heavy (non-hydrogen) atoms. The fourth-order valence-electron chi connectivity index (χ4n) is 1.10. The number of halogens is 2. The highest BCUT2D eigenvalue weighted by molar-refractivity contribution is 6.32. The first-order valence-corrected chi connectivity index (χ1v) is 4.92. The molecule has 2 aromatic rings. The Morgan fingerprint density at radius 2 is 2.12 bits per heavy atom. The van der Waals surface area contributed by atoms with Crippen molar-refractivity contribution < 1.29 is 9.13 Å². The maximum atomic E-state index is 12.8. The Bertz CT molecular complexity index is 580. The van der Waals surface area contributed by atoms with Gasteiger partial charge in [-0.25, -0.2) is 14.4 Å². The molecule has 1 heterocycles. The second-order valence-electron chi connectivity index (χ2n) is 3.03. The van der Waals surface area contributed by atoms with Crippen molar-refractivity contribution in [3.05, 3.63) is 47.1 Å². The Morgan fingerprint density at radius 1 is 1.29 bits per heavy atom. The molecule has 0 atom stereocenters. The Morgan fingerprint density at radius 3 is 2.71 bits per heavy atom. The SMILES string of the molecule is N#Cc1cnc(Oc2ccc(F)cc2Cl)cn1. The summed E-state index contributed by atoms with van der Waals surface area (Å²) in [5, 5.41) is 8.67. The molecule has 0 bridgehead atoms. The summed E-state index contributed by atoms with van der Waals surface area (Å²) in [6.45, 7) is 0. The third-order valence-electron chi connectivity index (χ3n) is 1.85. The van der Waals surface area contributed by atoms with Crippen LogP contribution in [0.15, 0.2) is 30.6 Å². The van der Waals surface area contributed by atoms with Gasteiger partial charge in [-0.05, 0) is 18.2 Å². The molecule has 0 aliphatic carbocycles. The summed E-state index contributed by atoms with van der Waals surface area (Å²) in [6, 6.07) is 5.57. The molecule has 0 N–H and O–H groups in total. The van der Waals surface area contributed by atoms with Gasteiger partial charge < -0.3 is 4.74 Å². The average Bonchev–Trinajstić information content (AvgIpc) is 2.34. The molecule has 0 amide bonds. The van der Waals surface area contributed by atoms with Crippen LogP contribution in [0.3, 0.4) is 0 Å². The molecule has 0 saturated heterocycles. The minimum atomic E-state index is -0.451.